The van der Waals surface area contributed by atoms with Gasteiger partial charge in [-0.25, -0.2) is 4.79 Å². The first-order valence-electron chi connectivity index (χ1n) is 8.37. The molecule has 1 aliphatic heterocycles. The number of aliphatic carboxylic acids is 1. The lowest BCUT2D eigenvalue weighted by Crippen LogP contribution is -2.44. The minimum atomic E-state index is -1.11. The molecule has 2 atom stereocenters. The summed E-state index contributed by atoms with van der Waals surface area (Å²) in [6.45, 7) is 2.54. The summed E-state index contributed by atoms with van der Waals surface area (Å²) in [5.74, 6) is -2.21. The number of carboxylic acid groups (broad SMARTS) is 1. The van der Waals surface area contributed by atoms with Crippen molar-refractivity contribution >= 4 is 23.5 Å². The third kappa shape index (κ3) is 4.79. The Hall–Kier alpha value is -2.41. The van der Waals surface area contributed by atoms with Gasteiger partial charge in [-0.3, -0.25) is 9.59 Å². The molecule has 1 aromatic carbocycles. The third-order valence-electron chi connectivity index (χ3n) is 4.38. The van der Waals surface area contributed by atoms with Gasteiger partial charge in [0.1, 0.15) is 6.04 Å². The van der Waals surface area contributed by atoms with Crippen LogP contribution in [-0.4, -0.2) is 49.2 Å². The molecular formula is C18H24N2O5. The molecule has 0 aliphatic carbocycles. The largest absolute Gasteiger partial charge is 0.480 e. The molecule has 25 heavy (non-hydrogen) atoms. The van der Waals surface area contributed by atoms with Crippen LogP contribution in [0.4, 0.5) is 5.69 Å². The summed E-state index contributed by atoms with van der Waals surface area (Å²) in [5, 5.41) is 11.7. The fourth-order valence-electron chi connectivity index (χ4n) is 2.83. The number of carbonyl (C=O) groups is 3. The molecule has 0 bridgehead atoms. The normalized spacial score (nSPS) is 18.2. The quantitative estimate of drug-likeness (QED) is 0.736. The number of hydrogen-bond acceptors (Lipinski definition) is 4. The van der Waals surface area contributed by atoms with Crippen LogP contribution in [0.1, 0.15) is 25.3 Å². The monoisotopic (exact) mass is 348 g/mol. The van der Waals surface area contributed by atoms with Gasteiger partial charge in [0.2, 0.25) is 11.8 Å². The topological polar surface area (TPSA) is 95.9 Å². The van der Waals surface area contributed by atoms with Crippen LogP contribution in [0.2, 0.25) is 0 Å². The Kier molecular flexibility index (Phi) is 6.52. The van der Waals surface area contributed by atoms with Gasteiger partial charge >= 0.3 is 5.97 Å². The fraction of sp³-hybridized carbons (Fsp3) is 0.500. The van der Waals surface area contributed by atoms with Crippen molar-refractivity contribution in [1.82, 2.24) is 5.32 Å². The molecule has 2 rings (SSSR count). The molecule has 1 heterocycles. The highest BCUT2D eigenvalue weighted by molar-refractivity contribution is 6.00. The molecular weight excluding hydrogens is 324 g/mol. The van der Waals surface area contributed by atoms with Gasteiger partial charge in [-0.15, -0.1) is 0 Å². The number of hydrogen-bond donors (Lipinski definition) is 2. The van der Waals surface area contributed by atoms with Crippen molar-refractivity contribution in [3.63, 3.8) is 0 Å². The standard InChI is InChI=1S/C18H24N2O5/c1-3-12-4-6-14(7-5-12)20-11-13(10-16(20)21)17(22)19-15(18(23)24)8-9-25-2/h4-7,13,15H,3,8-11H2,1-2H3,(H,19,22)(H,23,24). The smallest absolute Gasteiger partial charge is 0.326 e. The summed E-state index contributed by atoms with van der Waals surface area (Å²) in [5.41, 5.74) is 1.93. The van der Waals surface area contributed by atoms with Crippen molar-refractivity contribution in [3.8, 4) is 0 Å². The molecule has 1 saturated heterocycles. The second kappa shape index (κ2) is 8.62. The zero-order valence-electron chi connectivity index (χ0n) is 14.5. The molecule has 7 nitrogen and oxygen atoms in total. The number of nitrogens with zero attached hydrogens (tertiary/aromatic N) is 1. The van der Waals surface area contributed by atoms with Crippen LogP contribution in [0.3, 0.4) is 0 Å². The van der Waals surface area contributed by atoms with Crippen LogP contribution in [-0.2, 0) is 25.5 Å². The summed E-state index contributed by atoms with van der Waals surface area (Å²) >= 11 is 0. The number of nitrogens with one attached hydrogen (secondary N) is 1. The van der Waals surface area contributed by atoms with Crippen molar-refractivity contribution in [3.05, 3.63) is 29.8 Å². The summed E-state index contributed by atoms with van der Waals surface area (Å²) < 4.78 is 4.86. The highest BCUT2D eigenvalue weighted by atomic mass is 16.5. The lowest BCUT2D eigenvalue weighted by Gasteiger charge is -2.19. The van der Waals surface area contributed by atoms with E-state index >= 15 is 0 Å². The first-order chi connectivity index (χ1) is 12.0. The number of amides is 2. The average molecular weight is 348 g/mol. The maximum atomic E-state index is 12.4. The van der Waals surface area contributed by atoms with Crippen LogP contribution < -0.4 is 10.2 Å². The number of rotatable bonds is 8. The van der Waals surface area contributed by atoms with E-state index in [1.54, 1.807) is 4.90 Å². The van der Waals surface area contributed by atoms with Gasteiger partial charge in [-0.2, -0.15) is 0 Å². The zero-order valence-corrected chi connectivity index (χ0v) is 14.5. The van der Waals surface area contributed by atoms with Gasteiger partial charge in [-0.1, -0.05) is 19.1 Å². The van der Waals surface area contributed by atoms with Gasteiger partial charge < -0.3 is 20.1 Å². The van der Waals surface area contributed by atoms with E-state index in [-0.39, 0.29) is 31.9 Å². The second-order valence-corrected chi connectivity index (χ2v) is 6.11. The van der Waals surface area contributed by atoms with Gasteiger partial charge in [0.15, 0.2) is 0 Å². The van der Waals surface area contributed by atoms with E-state index in [9.17, 15) is 19.5 Å². The lowest BCUT2D eigenvalue weighted by atomic mass is 10.1. The van der Waals surface area contributed by atoms with Gasteiger partial charge in [0, 0.05) is 38.8 Å². The van der Waals surface area contributed by atoms with Crippen LogP contribution >= 0.6 is 0 Å². The Bertz CT molecular complexity index is 629. The van der Waals surface area contributed by atoms with Crippen LogP contribution in [0.25, 0.3) is 0 Å². The number of methoxy groups -OCH3 is 1. The van der Waals surface area contributed by atoms with Crippen molar-refractivity contribution in [1.29, 1.82) is 0 Å². The molecule has 0 aromatic heterocycles. The van der Waals surface area contributed by atoms with Crippen molar-refractivity contribution in [2.45, 2.75) is 32.2 Å². The molecule has 1 fully saturated rings. The maximum Gasteiger partial charge on any atom is 0.326 e. The molecule has 2 amide bonds. The lowest BCUT2D eigenvalue weighted by molar-refractivity contribution is -0.142. The van der Waals surface area contributed by atoms with Crippen molar-refractivity contribution in [2.24, 2.45) is 5.92 Å². The van der Waals surface area contributed by atoms with Crippen LogP contribution in [0, 0.1) is 5.92 Å². The molecule has 136 valence electrons. The molecule has 0 spiro atoms. The third-order valence-corrected chi connectivity index (χ3v) is 4.38. The number of anilines is 1. The molecule has 2 N–H and O–H groups in total. The SMILES string of the molecule is CCc1ccc(N2CC(C(=O)NC(CCOC)C(=O)O)CC2=O)cc1. The first kappa shape index (κ1) is 18.9. The summed E-state index contributed by atoms with van der Waals surface area (Å²) in [4.78, 5) is 37.4. The maximum absolute atomic E-state index is 12.4. The molecule has 1 aliphatic rings. The Morgan fingerprint density at radius 3 is 2.60 bits per heavy atom. The van der Waals surface area contributed by atoms with Gasteiger partial charge in [0.05, 0.1) is 5.92 Å². The number of carboxylic acids is 1. The predicted octanol–water partition coefficient (Wildman–Crippen LogP) is 1.21. The number of ether oxygens (including phenoxy) is 1. The Balaban J connectivity index is 2.00. The summed E-state index contributed by atoms with van der Waals surface area (Å²) in [6, 6.07) is 6.65. The van der Waals surface area contributed by atoms with E-state index in [0.717, 1.165) is 12.1 Å². The molecule has 2 unspecified atom stereocenters. The van der Waals surface area contributed by atoms with Crippen molar-refractivity contribution in [2.75, 3.05) is 25.2 Å². The van der Waals surface area contributed by atoms with Crippen LogP contribution in [0.15, 0.2) is 24.3 Å². The van der Waals surface area contributed by atoms with Gasteiger partial charge in [0.25, 0.3) is 0 Å². The zero-order chi connectivity index (χ0) is 18.4. The molecule has 0 radical (unpaired) electrons. The Morgan fingerprint density at radius 1 is 1.36 bits per heavy atom. The minimum absolute atomic E-state index is 0.0813. The number of benzene rings is 1. The Morgan fingerprint density at radius 2 is 2.04 bits per heavy atom. The van der Waals surface area contributed by atoms with E-state index < -0.39 is 23.8 Å². The fourth-order valence-corrected chi connectivity index (χ4v) is 2.83. The number of carbonyl (C=O) groups excluding carboxylic acids is 2. The summed E-state index contributed by atoms with van der Waals surface area (Å²) in [6.07, 6.45) is 1.18. The highest BCUT2D eigenvalue weighted by Gasteiger charge is 2.36. The van der Waals surface area contributed by atoms with E-state index in [1.165, 1.54) is 12.7 Å². The highest BCUT2D eigenvalue weighted by Crippen LogP contribution is 2.25. The Labute approximate surface area is 147 Å². The molecule has 1 aromatic rings. The molecule has 7 heteroatoms. The van der Waals surface area contributed by atoms with Crippen LogP contribution in [0.5, 0.6) is 0 Å². The molecule has 0 saturated carbocycles. The predicted molar refractivity (Wildman–Crippen MR) is 92.3 cm³/mol. The van der Waals surface area contributed by atoms with E-state index in [2.05, 4.69) is 12.2 Å². The van der Waals surface area contributed by atoms with Crippen molar-refractivity contribution < 1.29 is 24.2 Å². The number of aryl methyl sites for hydroxylation is 1. The van der Waals surface area contributed by atoms with Gasteiger partial charge in [-0.05, 0) is 24.1 Å². The second-order valence-electron chi connectivity index (χ2n) is 6.11. The van der Waals surface area contributed by atoms with E-state index in [1.807, 2.05) is 24.3 Å². The summed E-state index contributed by atoms with van der Waals surface area (Å²) in [7, 11) is 1.47. The van der Waals surface area contributed by atoms with E-state index in [4.69, 9.17) is 4.74 Å². The minimum Gasteiger partial charge on any atom is -0.480 e. The average Bonchev–Trinajstić information content (AvgIpc) is 3.00. The van der Waals surface area contributed by atoms with E-state index in [0.29, 0.717) is 0 Å². The first-order valence-corrected chi connectivity index (χ1v) is 8.37.